The van der Waals surface area contributed by atoms with Crippen molar-refractivity contribution in [3.05, 3.63) is 48.8 Å². The molecule has 0 saturated heterocycles. The predicted octanol–water partition coefficient (Wildman–Crippen LogP) is 2.84. The molecule has 0 spiro atoms. The molecule has 0 aliphatic heterocycles. The number of aliphatic carboxylic acids is 2. The van der Waals surface area contributed by atoms with Crippen LogP contribution in [0.5, 0.6) is 0 Å². The summed E-state index contributed by atoms with van der Waals surface area (Å²) < 4.78 is 0. The molecule has 2 amide bonds. The van der Waals surface area contributed by atoms with Crippen LogP contribution in [0.25, 0.3) is 0 Å². The molecule has 33 heavy (non-hydrogen) atoms. The van der Waals surface area contributed by atoms with Crippen LogP contribution in [-0.2, 0) is 25.6 Å². The molecule has 10 nitrogen and oxygen atoms in total. The second kappa shape index (κ2) is 11.3. The lowest BCUT2D eigenvalue weighted by atomic mass is 9.90. The third-order valence-electron chi connectivity index (χ3n) is 4.32. The third-order valence-corrected chi connectivity index (χ3v) is 4.32. The largest absolute Gasteiger partial charge is 0.481 e. The first-order valence-electron chi connectivity index (χ1n) is 10.1. The Morgan fingerprint density at radius 1 is 0.758 bits per heavy atom. The van der Waals surface area contributed by atoms with Crippen molar-refractivity contribution in [2.45, 2.75) is 48.0 Å². The first kappa shape index (κ1) is 27.3. The van der Waals surface area contributed by atoms with Gasteiger partial charge in [0.1, 0.15) is 19.0 Å². The Morgan fingerprint density at radius 2 is 1.12 bits per heavy atom. The number of carboxylic acids is 2. The summed E-state index contributed by atoms with van der Waals surface area (Å²) in [5, 5.41) is 18.0. The van der Waals surface area contributed by atoms with E-state index in [-0.39, 0.29) is 18.2 Å². The van der Waals surface area contributed by atoms with E-state index in [1.807, 2.05) is 0 Å². The van der Waals surface area contributed by atoms with Crippen molar-refractivity contribution < 1.29 is 29.4 Å². The topological polar surface area (TPSA) is 151 Å². The number of aromatic nitrogens is 3. The van der Waals surface area contributed by atoms with Gasteiger partial charge < -0.3 is 10.2 Å². The summed E-state index contributed by atoms with van der Waals surface area (Å²) in [6.45, 7) is 10.3. The van der Waals surface area contributed by atoms with E-state index in [1.54, 1.807) is 41.5 Å². The van der Waals surface area contributed by atoms with Crippen molar-refractivity contribution in [3.8, 4) is 0 Å². The lowest BCUT2D eigenvalue weighted by Gasteiger charge is -2.32. The minimum atomic E-state index is -1.56. The van der Waals surface area contributed by atoms with Gasteiger partial charge in [0.25, 0.3) is 0 Å². The zero-order valence-electron chi connectivity index (χ0n) is 19.6. The molecular weight excluding hydrogens is 428 g/mol. The van der Waals surface area contributed by atoms with E-state index in [1.165, 1.54) is 43.2 Å². The Balaban J connectivity index is 0.000000779. The zero-order chi connectivity index (χ0) is 25.4. The number of hydrogen-bond acceptors (Lipinski definition) is 7. The van der Waals surface area contributed by atoms with Gasteiger partial charge in [0.2, 0.25) is 11.8 Å². The third kappa shape index (κ3) is 8.40. The number of rotatable bonds is 5. The highest BCUT2D eigenvalue weighted by molar-refractivity contribution is 6.17. The molecule has 178 valence electrons. The fourth-order valence-electron chi connectivity index (χ4n) is 2.50. The van der Waals surface area contributed by atoms with E-state index in [2.05, 4.69) is 15.0 Å². The molecule has 1 aromatic heterocycles. The summed E-state index contributed by atoms with van der Waals surface area (Å²) >= 11 is 0. The van der Waals surface area contributed by atoms with Crippen molar-refractivity contribution in [1.29, 1.82) is 0 Å². The van der Waals surface area contributed by atoms with Crippen LogP contribution in [0.1, 0.15) is 47.1 Å². The van der Waals surface area contributed by atoms with E-state index in [0.29, 0.717) is 11.3 Å². The van der Waals surface area contributed by atoms with Gasteiger partial charge in [0.15, 0.2) is 5.92 Å². The highest BCUT2D eigenvalue weighted by atomic mass is 16.4. The normalized spacial score (nSPS) is 11.2. The quantitative estimate of drug-likeness (QED) is 0.644. The average Bonchev–Trinajstić information content (AvgIpc) is 2.73. The molecule has 0 aliphatic carbocycles. The van der Waals surface area contributed by atoms with Crippen LogP contribution in [0.3, 0.4) is 0 Å². The van der Waals surface area contributed by atoms with E-state index in [0.717, 1.165) is 4.90 Å². The monoisotopic (exact) mass is 458 g/mol. The van der Waals surface area contributed by atoms with Gasteiger partial charge in [-0.2, -0.15) is 0 Å². The van der Waals surface area contributed by atoms with Gasteiger partial charge in [0.05, 0.1) is 5.69 Å². The standard InChI is InChI=1S/C20H27NO6.C3H3N3/c1-19(2,3)17(26)21(18(27)20(4,5)6)13-9-7-12(8-10-13)11-14(15(22)23)16(24)25;1-4-2-6-3-5-1/h7-10,14H,11H2,1-6H3,(H,22,23)(H,24,25);1-3H. The Labute approximate surface area is 192 Å². The molecule has 1 heterocycles. The summed E-state index contributed by atoms with van der Waals surface area (Å²) in [4.78, 5) is 59.6. The van der Waals surface area contributed by atoms with Crippen LogP contribution < -0.4 is 4.90 Å². The molecule has 0 aliphatic rings. The lowest BCUT2D eigenvalue weighted by Crippen LogP contribution is -2.48. The summed E-state index contributed by atoms with van der Waals surface area (Å²) in [6.07, 6.45) is 4.12. The van der Waals surface area contributed by atoms with Crippen LogP contribution in [-0.4, -0.2) is 48.9 Å². The Bertz CT molecular complexity index is 896. The van der Waals surface area contributed by atoms with Gasteiger partial charge in [0, 0.05) is 10.8 Å². The first-order chi connectivity index (χ1) is 15.2. The maximum Gasteiger partial charge on any atom is 0.318 e. The number of imide groups is 1. The molecule has 2 rings (SSSR count). The number of amides is 2. The summed E-state index contributed by atoms with van der Waals surface area (Å²) in [5.41, 5.74) is -0.713. The average molecular weight is 459 g/mol. The first-order valence-corrected chi connectivity index (χ1v) is 10.1. The van der Waals surface area contributed by atoms with E-state index >= 15 is 0 Å². The van der Waals surface area contributed by atoms with Crippen LogP contribution in [0.2, 0.25) is 0 Å². The second-order valence-electron chi connectivity index (χ2n) is 9.34. The minimum Gasteiger partial charge on any atom is -0.481 e. The zero-order valence-corrected chi connectivity index (χ0v) is 19.6. The summed E-state index contributed by atoms with van der Waals surface area (Å²) in [7, 11) is 0. The number of carbonyl (C=O) groups excluding carboxylic acids is 2. The predicted molar refractivity (Wildman–Crippen MR) is 120 cm³/mol. The van der Waals surface area contributed by atoms with Crippen LogP contribution in [0.4, 0.5) is 5.69 Å². The van der Waals surface area contributed by atoms with Crippen LogP contribution >= 0.6 is 0 Å². The molecular formula is C23H30N4O6. The number of nitrogens with zero attached hydrogens (tertiary/aromatic N) is 4. The van der Waals surface area contributed by atoms with Crippen molar-refractivity contribution in [1.82, 2.24) is 15.0 Å². The molecule has 0 bridgehead atoms. The fourth-order valence-corrected chi connectivity index (χ4v) is 2.50. The van der Waals surface area contributed by atoms with Gasteiger partial charge in [-0.1, -0.05) is 53.7 Å². The van der Waals surface area contributed by atoms with Crippen molar-refractivity contribution >= 4 is 29.4 Å². The smallest absolute Gasteiger partial charge is 0.318 e. The summed E-state index contributed by atoms with van der Waals surface area (Å²) in [6, 6.07) is 6.13. The van der Waals surface area contributed by atoms with E-state index in [4.69, 9.17) is 10.2 Å². The van der Waals surface area contributed by atoms with Gasteiger partial charge >= 0.3 is 11.9 Å². The molecule has 0 fully saturated rings. The highest BCUT2D eigenvalue weighted by Crippen LogP contribution is 2.29. The van der Waals surface area contributed by atoms with Gasteiger partial charge in [-0.05, 0) is 24.1 Å². The number of carboxylic acid groups (broad SMARTS) is 2. The Morgan fingerprint density at radius 3 is 1.39 bits per heavy atom. The van der Waals surface area contributed by atoms with Crippen molar-refractivity contribution in [2.75, 3.05) is 4.90 Å². The molecule has 0 saturated carbocycles. The fraction of sp³-hybridized carbons (Fsp3) is 0.435. The summed E-state index contributed by atoms with van der Waals surface area (Å²) in [5.74, 6) is -5.11. The SMILES string of the molecule is CC(C)(C)C(=O)N(C(=O)C(C)(C)C)c1ccc(CC(C(=O)O)C(=O)O)cc1.c1ncncn1. The maximum absolute atomic E-state index is 12.8. The molecule has 0 unspecified atom stereocenters. The van der Waals surface area contributed by atoms with Gasteiger partial charge in [-0.25, -0.2) is 19.9 Å². The van der Waals surface area contributed by atoms with E-state index in [9.17, 15) is 19.2 Å². The van der Waals surface area contributed by atoms with Crippen LogP contribution in [0.15, 0.2) is 43.2 Å². The molecule has 0 radical (unpaired) electrons. The molecule has 1 aromatic carbocycles. The molecule has 10 heteroatoms. The van der Waals surface area contributed by atoms with Gasteiger partial charge in [-0.3, -0.25) is 19.2 Å². The molecule has 2 aromatic rings. The number of hydrogen-bond donors (Lipinski definition) is 2. The number of carbonyl (C=O) groups is 4. The van der Waals surface area contributed by atoms with E-state index < -0.39 is 28.7 Å². The van der Waals surface area contributed by atoms with Crippen LogP contribution in [0, 0.1) is 16.7 Å². The molecule has 0 atom stereocenters. The van der Waals surface area contributed by atoms with Crippen molar-refractivity contribution in [2.24, 2.45) is 16.7 Å². The lowest BCUT2D eigenvalue weighted by molar-refractivity contribution is -0.154. The molecule has 2 N–H and O–H groups in total. The van der Waals surface area contributed by atoms with Crippen molar-refractivity contribution in [3.63, 3.8) is 0 Å². The maximum atomic E-state index is 12.8. The Hall–Kier alpha value is -3.69. The minimum absolute atomic E-state index is 0.189. The second-order valence-corrected chi connectivity index (χ2v) is 9.34. The number of anilines is 1. The highest BCUT2D eigenvalue weighted by Gasteiger charge is 2.37. The number of benzene rings is 1. The Kier molecular flexibility index (Phi) is 9.33. The van der Waals surface area contributed by atoms with Gasteiger partial charge in [-0.15, -0.1) is 0 Å².